The largest absolute Gasteiger partial charge is 0.387 e. The van der Waals surface area contributed by atoms with Crippen molar-refractivity contribution in [2.75, 3.05) is 5.75 Å². The van der Waals surface area contributed by atoms with E-state index in [1.807, 2.05) is 0 Å². The quantitative estimate of drug-likeness (QED) is 0.0331. The highest BCUT2D eigenvalue weighted by Gasteiger charge is 2.24. The summed E-state index contributed by atoms with van der Waals surface area (Å²) in [6.45, 7) is 4.50. The molecule has 0 aliphatic rings. The second-order valence-corrected chi connectivity index (χ2v) is 16.1. The number of amides is 1. The second kappa shape index (κ2) is 38.8. The molecule has 2 atom stereocenters. The predicted octanol–water partition coefficient (Wildman–Crippen LogP) is 12.9. The van der Waals surface area contributed by atoms with E-state index >= 15 is 0 Å². The number of unbranched alkanes of at least 4 members (excludes halogenated alkanes) is 22. The van der Waals surface area contributed by atoms with E-state index in [0.29, 0.717) is 6.42 Å². The topological polar surface area (TPSA) is 104 Å². The molecule has 0 aliphatic heterocycles. The summed E-state index contributed by atoms with van der Waals surface area (Å²) in [5, 5.41) is 13.2. The molecule has 302 valence electrons. The molecule has 0 heterocycles. The zero-order chi connectivity index (χ0) is 38.2. The maximum Gasteiger partial charge on any atom is 0.267 e. The van der Waals surface area contributed by atoms with Gasteiger partial charge in [0.15, 0.2) is 0 Å². The van der Waals surface area contributed by atoms with E-state index in [1.54, 1.807) is 6.08 Å². The molecule has 1 amide bonds. The third-order valence-electron chi connectivity index (χ3n) is 9.42. The minimum absolute atomic E-state index is 0.277. The van der Waals surface area contributed by atoms with E-state index in [1.165, 1.54) is 122 Å². The summed E-state index contributed by atoms with van der Waals surface area (Å²) < 4.78 is 32.5. The minimum Gasteiger partial charge on any atom is -0.387 e. The molecule has 0 saturated heterocycles. The van der Waals surface area contributed by atoms with Crippen molar-refractivity contribution in [2.45, 2.75) is 212 Å². The fraction of sp³-hybridized carbons (Fsp3) is 0.756. The van der Waals surface area contributed by atoms with Crippen molar-refractivity contribution in [2.24, 2.45) is 0 Å². The van der Waals surface area contributed by atoms with Crippen LogP contribution in [-0.4, -0.2) is 41.9 Å². The van der Waals surface area contributed by atoms with Crippen LogP contribution in [0.3, 0.4) is 0 Å². The molecule has 3 N–H and O–H groups in total. The molecule has 0 aromatic carbocycles. The van der Waals surface area contributed by atoms with Gasteiger partial charge in [0.05, 0.1) is 17.9 Å². The van der Waals surface area contributed by atoms with Gasteiger partial charge in [-0.05, 0) is 70.6 Å². The smallest absolute Gasteiger partial charge is 0.267 e. The zero-order valence-corrected chi connectivity index (χ0v) is 34.5. The normalized spacial score (nSPS) is 13.8. The summed E-state index contributed by atoms with van der Waals surface area (Å²) >= 11 is 0. The monoisotopic (exact) mass is 748 g/mol. The molecule has 6 nitrogen and oxygen atoms in total. The highest BCUT2D eigenvalue weighted by molar-refractivity contribution is 7.85. The van der Waals surface area contributed by atoms with Crippen LogP contribution in [0.1, 0.15) is 200 Å². The molecule has 0 aromatic heterocycles. The molecular weight excluding hydrogens is 667 g/mol. The fourth-order valence-corrected chi connectivity index (χ4v) is 6.91. The lowest BCUT2D eigenvalue weighted by atomic mass is 10.1. The third-order valence-corrected chi connectivity index (χ3v) is 10.2. The van der Waals surface area contributed by atoms with Gasteiger partial charge in [0.25, 0.3) is 10.1 Å². The molecule has 52 heavy (non-hydrogen) atoms. The van der Waals surface area contributed by atoms with Crippen molar-refractivity contribution in [1.29, 1.82) is 0 Å². The molecule has 0 radical (unpaired) electrons. The number of hydrogen-bond donors (Lipinski definition) is 3. The van der Waals surface area contributed by atoms with Gasteiger partial charge in [-0.25, -0.2) is 0 Å². The molecule has 0 spiro atoms. The van der Waals surface area contributed by atoms with Crippen LogP contribution in [0.25, 0.3) is 0 Å². The average molecular weight is 748 g/mol. The summed E-state index contributed by atoms with van der Waals surface area (Å²) in [5.74, 6) is -1.01. The summed E-state index contributed by atoms with van der Waals surface area (Å²) in [7, 11) is -4.36. The Hall–Kier alpha value is -1.96. The number of carbonyl (C=O) groups is 1. The summed E-state index contributed by atoms with van der Waals surface area (Å²) in [6.07, 6.45) is 53.5. The Bertz CT molecular complexity index is 1050. The fourth-order valence-electron chi connectivity index (χ4n) is 6.18. The molecule has 0 bridgehead atoms. The van der Waals surface area contributed by atoms with E-state index in [9.17, 15) is 22.9 Å². The first-order valence-electron chi connectivity index (χ1n) is 21.5. The van der Waals surface area contributed by atoms with Crippen molar-refractivity contribution < 1.29 is 22.9 Å². The maximum absolute atomic E-state index is 12.5. The van der Waals surface area contributed by atoms with Crippen LogP contribution in [0, 0.1) is 0 Å². The Balaban J connectivity index is 3.94. The molecular formula is C45H81NO5S. The van der Waals surface area contributed by atoms with E-state index in [4.69, 9.17) is 0 Å². The molecule has 2 unspecified atom stereocenters. The average Bonchev–Trinajstić information content (AvgIpc) is 3.11. The summed E-state index contributed by atoms with van der Waals surface area (Å²) in [5.41, 5.74) is 0. The Morgan fingerprint density at radius 1 is 0.519 bits per heavy atom. The lowest BCUT2D eigenvalue weighted by Gasteiger charge is -2.21. The van der Waals surface area contributed by atoms with Crippen molar-refractivity contribution in [1.82, 2.24) is 5.32 Å². The first-order chi connectivity index (χ1) is 25.3. The highest BCUT2D eigenvalue weighted by Crippen LogP contribution is 2.13. The molecule has 0 rings (SSSR count). The van der Waals surface area contributed by atoms with E-state index in [2.05, 4.69) is 67.8 Å². The molecule has 0 aliphatic carbocycles. The van der Waals surface area contributed by atoms with E-state index in [0.717, 1.165) is 57.8 Å². The number of aliphatic hydroxyl groups excluding tert-OH is 1. The van der Waals surface area contributed by atoms with Gasteiger partial charge in [-0.1, -0.05) is 184 Å². The van der Waals surface area contributed by atoms with E-state index < -0.39 is 28.0 Å². The highest BCUT2D eigenvalue weighted by atomic mass is 32.2. The van der Waals surface area contributed by atoms with Gasteiger partial charge in [-0.15, -0.1) is 0 Å². The van der Waals surface area contributed by atoms with E-state index in [-0.39, 0.29) is 12.3 Å². The number of carbonyl (C=O) groups excluding carboxylic acids is 1. The van der Waals surface area contributed by atoms with Crippen LogP contribution < -0.4 is 5.32 Å². The van der Waals surface area contributed by atoms with Gasteiger partial charge >= 0.3 is 0 Å². The van der Waals surface area contributed by atoms with Gasteiger partial charge in [0.2, 0.25) is 5.91 Å². The Kier molecular flexibility index (Phi) is 37.3. The lowest BCUT2D eigenvalue weighted by molar-refractivity contribution is -0.122. The molecule has 0 fully saturated rings. The Labute approximate surface area is 321 Å². The third kappa shape index (κ3) is 39.3. The summed E-state index contributed by atoms with van der Waals surface area (Å²) in [6, 6.07) is -1.08. The standard InChI is InChI=1S/C45H81NO5S/c1-3-5-7-9-11-13-15-17-19-20-21-22-23-24-25-26-27-29-31-33-35-37-39-41-45(48)46-43(42-52(49,50)51)44(47)40-38-36-34-32-30-28-18-16-14-12-10-8-6-4-2/h15,17,20-21,23-24,30,32,38,40,43-44,47H,3-14,16,18-19,22,25-29,31,33-37,39,41-42H2,1-2H3,(H,46,48)(H,49,50,51)/b17-15-,21-20-,24-23-,32-30+,40-38+. The Morgan fingerprint density at radius 2 is 0.885 bits per heavy atom. The van der Waals surface area contributed by atoms with Crippen LogP contribution in [0.4, 0.5) is 0 Å². The number of nitrogens with one attached hydrogen (secondary N) is 1. The molecule has 0 saturated carbocycles. The summed E-state index contributed by atoms with van der Waals surface area (Å²) in [4.78, 5) is 12.5. The number of rotatable bonds is 38. The molecule has 0 aromatic rings. The first kappa shape index (κ1) is 50.0. The second-order valence-electron chi connectivity index (χ2n) is 14.6. The molecule has 7 heteroatoms. The first-order valence-corrected chi connectivity index (χ1v) is 23.1. The van der Waals surface area contributed by atoms with Crippen molar-refractivity contribution >= 4 is 16.0 Å². The van der Waals surface area contributed by atoms with Gasteiger partial charge in [0.1, 0.15) is 0 Å². The predicted molar refractivity (Wildman–Crippen MR) is 225 cm³/mol. The minimum atomic E-state index is -4.36. The maximum atomic E-state index is 12.5. The Morgan fingerprint density at radius 3 is 1.35 bits per heavy atom. The van der Waals surface area contributed by atoms with Gasteiger partial charge in [0, 0.05) is 6.42 Å². The van der Waals surface area contributed by atoms with Gasteiger partial charge in [-0.3, -0.25) is 9.35 Å². The van der Waals surface area contributed by atoms with Crippen LogP contribution in [0.15, 0.2) is 60.8 Å². The van der Waals surface area contributed by atoms with Gasteiger partial charge in [-0.2, -0.15) is 8.42 Å². The van der Waals surface area contributed by atoms with Crippen LogP contribution >= 0.6 is 0 Å². The zero-order valence-electron chi connectivity index (χ0n) is 33.7. The van der Waals surface area contributed by atoms with Crippen molar-refractivity contribution in [3.05, 3.63) is 60.8 Å². The SMILES string of the molecule is CCCCCCC/C=C\C/C=C\C/C=C\CCCCCCCCCCC(=O)NC(CS(=O)(=O)O)C(O)/C=C/CC/C=C/CCCCCCCCCC. The van der Waals surface area contributed by atoms with Crippen molar-refractivity contribution in [3.63, 3.8) is 0 Å². The van der Waals surface area contributed by atoms with Crippen LogP contribution in [0.5, 0.6) is 0 Å². The number of hydrogen-bond acceptors (Lipinski definition) is 4. The number of allylic oxidation sites excluding steroid dienone is 9. The van der Waals surface area contributed by atoms with Crippen LogP contribution in [0.2, 0.25) is 0 Å². The lowest BCUT2D eigenvalue weighted by Crippen LogP contribution is -2.46. The van der Waals surface area contributed by atoms with Crippen LogP contribution in [-0.2, 0) is 14.9 Å². The van der Waals surface area contributed by atoms with Crippen molar-refractivity contribution in [3.8, 4) is 0 Å². The number of aliphatic hydroxyl groups is 1. The van der Waals surface area contributed by atoms with Gasteiger partial charge < -0.3 is 10.4 Å².